The topological polar surface area (TPSA) is 38.7 Å². The van der Waals surface area contributed by atoms with Crippen LogP contribution in [0.1, 0.15) is 32.3 Å². The minimum Gasteiger partial charge on any atom is -0.497 e. The van der Waals surface area contributed by atoms with Crippen LogP contribution in [0.15, 0.2) is 18.2 Å². The normalized spacial score (nSPS) is 11.3. The lowest BCUT2D eigenvalue weighted by molar-refractivity contribution is 0.0280. The zero-order valence-electron chi connectivity index (χ0n) is 10.4. The van der Waals surface area contributed by atoms with Gasteiger partial charge in [0.1, 0.15) is 11.5 Å². The zero-order valence-corrected chi connectivity index (χ0v) is 10.4. The maximum Gasteiger partial charge on any atom is 0.122 e. The number of aliphatic hydroxyl groups is 1. The Labute approximate surface area is 97.0 Å². The van der Waals surface area contributed by atoms with Gasteiger partial charge in [0.25, 0.3) is 0 Å². The number of hydrogen-bond donors (Lipinski definition) is 1. The van der Waals surface area contributed by atoms with E-state index in [0.717, 1.165) is 5.56 Å². The highest BCUT2D eigenvalue weighted by Gasteiger charge is 2.25. The Bertz CT molecular complexity index is 321. The van der Waals surface area contributed by atoms with Crippen LogP contribution in [0.3, 0.4) is 0 Å². The molecular formula is C13H20O3. The first kappa shape index (κ1) is 12.8. The number of ether oxygens (including phenoxy) is 2. The van der Waals surface area contributed by atoms with Gasteiger partial charge in [-0.05, 0) is 30.5 Å². The Morgan fingerprint density at radius 1 is 1.00 bits per heavy atom. The summed E-state index contributed by atoms with van der Waals surface area (Å²) in [6.45, 7) is 3.94. The average Bonchev–Trinajstić information content (AvgIpc) is 2.36. The van der Waals surface area contributed by atoms with Crippen molar-refractivity contribution < 1.29 is 14.6 Å². The third-order valence-electron chi connectivity index (χ3n) is 3.06. The molecule has 1 aromatic carbocycles. The summed E-state index contributed by atoms with van der Waals surface area (Å²) < 4.78 is 10.4. The molecule has 3 nitrogen and oxygen atoms in total. The molecule has 0 spiro atoms. The highest BCUT2D eigenvalue weighted by molar-refractivity contribution is 5.40. The van der Waals surface area contributed by atoms with Crippen LogP contribution in [-0.2, 0) is 5.60 Å². The summed E-state index contributed by atoms with van der Waals surface area (Å²) in [6.07, 6.45) is 1.33. The Kier molecular flexibility index (Phi) is 4.19. The highest BCUT2D eigenvalue weighted by Crippen LogP contribution is 2.33. The van der Waals surface area contributed by atoms with Crippen LogP contribution in [0.25, 0.3) is 0 Å². The summed E-state index contributed by atoms with van der Waals surface area (Å²) in [5.41, 5.74) is 0.0376. The van der Waals surface area contributed by atoms with Crippen LogP contribution in [0.5, 0.6) is 11.5 Å². The van der Waals surface area contributed by atoms with Crippen LogP contribution >= 0.6 is 0 Å². The predicted molar refractivity (Wildman–Crippen MR) is 64.0 cm³/mol. The number of rotatable bonds is 5. The van der Waals surface area contributed by atoms with Crippen molar-refractivity contribution in [3.05, 3.63) is 23.8 Å². The largest absolute Gasteiger partial charge is 0.497 e. The molecule has 1 rings (SSSR count). The second-order valence-electron chi connectivity index (χ2n) is 3.84. The number of hydrogen-bond acceptors (Lipinski definition) is 3. The summed E-state index contributed by atoms with van der Waals surface area (Å²) in [4.78, 5) is 0. The maximum absolute atomic E-state index is 10.4. The van der Waals surface area contributed by atoms with Gasteiger partial charge in [-0.3, -0.25) is 0 Å². The summed E-state index contributed by atoms with van der Waals surface area (Å²) in [5, 5.41) is 10.4. The van der Waals surface area contributed by atoms with Crippen molar-refractivity contribution in [3.8, 4) is 11.5 Å². The molecule has 0 aliphatic carbocycles. The molecule has 0 bridgehead atoms. The van der Waals surface area contributed by atoms with Crippen molar-refractivity contribution in [2.24, 2.45) is 0 Å². The van der Waals surface area contributed by atoms with Crippen LogP contribution in [-0.4, -0.2) is 19.3 Å². The Hall–Kier alpha value is -1.22. The lowest BCUT2D eigenvalue weighted by Crippen LogP contribution is -2.23. The van der Waals surface area contributed by atoms with E-state index >= 15 is 0 Å². The molecule has 0 radical (unpaired) electrons. The van der Waals surface area contributed by atoms with E-state index < -0.39 is 5.60 Å². The van der Waals surface area contributed by atoms with E-state index in [1.165, 1.54) is 0 Å². The van der Waals surface area contributed by atoms with Gasteiger partial charge >= 0.3 is 0 Å². The monoisotopic (exact) mass is 224 g/mol. The van der Waals surface area contributed by atoms with Gasteiger partial charge in [0.15, 0.2) is 0 Å². The van der Waals surface area contributed by atoms with Gasteiger partial charge in [-0.1, -0.05) is 13.8 Å². The fourth-order valence-electron chi connectivity index (χ4n) is 1.73. The first-order valence-electron chi connectivity index (χ1n) is 5.55. The van der Waals surface area contributed by atoms with Gasteiger partial charge in [0.05, 0.1) is 19.8 Å². The Balaban J connectivity index is 3.21. The number of methoxy groups -OCH3 is 2. The summed E-state index contributed by atoms with van der Waals surface area (Å²) in [6, 6.07) is 5.51. The Morgan fingerprint density at radius 3 is 1.75 bits per heavy atom. The van der Waals surface area contributed by atoms with Crippen LogP contribution in [0, 0.1) is 0 Å². The molecule has 1 aromatic rings. The fourth-order valence-corrected chi connectivity index (χ4v) is 1.73. The standard InChI is InChI=1S/C13H20O3/c1-5-13(14,6-2)10-7-11(15-3)9-12(8-10)16-4/h7-9,14H,5-6H2,1-4H3. The molecular weight excluding hydrogens is 204 g/mol. The van der Waals surface area contributed by atoms with E-state index in [4.69, 9.17) is 9.47 Å². The van der Waals surface area contributed by atoms with E-state index in [2.05, 4.69) is 0 Å². The highest BCUT2D eigenvalue weighted by atomic mass is 16.5. The fraction of sp³-hybridized carbons (Fsp3) is 0.538. The first-order chi connectivity index (χ1) is 7.59. The molecule has 16 heavy (non-hydrogen) atoms. The van der Waals surface area contributed by atoms with Crippen molar-refractivity contribution >= 4 is 0 Å². The van der Waals surface area contributed by atoms with Crippen LogP contribution in [0.4, 0.5) is 0 Å². The minimum absolute atomic E-state index is 0.666. The van der Waals surface area contributed by atoms with Crippen LogP contribution in [0.2, 0.25) is 0 Å². The van der Waals surface area contributed by atoms with Gasteiger partial charge < -0.3 is 14.6 Å². The molecule has 0 aliphatic heterocycles. The molecule has 0 aliphatic rings. The van der Waals surface area contributed by atoms with Gasteiger partial charge in [-0.15, -0.1) is 0 Å². The maximum atomic E-state index is 10.4. The molecule has 0 atom stereocenters. The van der Waals surface area contributed by atoms with Crippen molar-refractivity contribution in [1.82, 2.24) is 0 Å². The van der Waals surface area contributed by atoms with Gasteiger partial charge in [0, 0.05) is 6.07 Å². The second-order valence-corrected chi connectivity index (χ2v) is 3.84. The molecule has 0 saturated heterocycles. The summed E-state index contributed by atoms with van der Waals surface area (Å²) in [7, 11) is 3.21. The van der Waals surface area contributed by atoms with E-state index in [-0.39, 0.29) is 0 Å². The molecule has 1 N–H and O–H groups in total. The second kappa shape index (κ2) is 5.21. The molecule has 0 aromatic heterocycles. The lowest BCUT2D eigenvalue weighted by Gasteiger charge is -2.26. The van der Waals surface area contributed by atoms with E-state index in [1.54, 1.807) is 20.3 Å². The molecule has 0 unspecified atom stereocenters. The number of benzene rings is 1. The molecule has 0 fully saturated rings. The first-order valence-corrected chi connectivity index (χ1v) is 5.55. The van der Waals surface area contributed by atoms with Crippen molar-refractivity contribution in [1.29, 1.82) is 0 Å². The van der Waals surface area contributed by atoms with Gasteiger partial charge in [-0.2, -0.15) is 0 Å². The molecule has 3 heteroatoms. The minimum atomic E-state index is -0.804. The van der Waals surface area contributed by atoms with E-state index in [1.807, 2.05) is 26.0 Å². The van der Waals surface area contributed by atoms with Crippen molar-refractivity contribution in [2.45, 2.75) is 32.3 Å². The average molecular weight is 224 g/mol. The zero-order chi connectivity index (χ0) is 12.2. The third-order valence-corrected chi connectivity index (χ3v) is 3.06. The van der Waals surface area contributed by atoms with Gasteiger partial charge in [0.2, 0.25) is 0 Å². The summed E-state index contributed by atoms with van der Waals surface area (Å²) >= 11 is 0. The molecule has 0 heterocycles. The summed E-state index contributed by atoms with van der Waals surface area (Å²) in [5.74, 6) is 1.41. The van der Waals surface area contributed by atoms with Crippen molar-refractivity contribution in [3.63, 3.8) is 0 Å². The lowest BCUT2D eigenvalue weighted by atomic mass is 9.88. The van der Waals surface area contributed by atoms with Crippen molar-refractivity contribution in [2.75, 3.05) is 14.2 Å². The third kappa shape index (κ3) is 2.47. The molecule has 90 valence electrons. The van der Waals surface area contributed by atoms with Crippen LogP contribution < -0.4 is 9.47 Å². The smallest absolute Gasteiger partial charge is 0.122 e. The quantitative estimate of drug-likeness (QED) is 0.835. The van der Waals surface area contributed by atoms with E-state index in [0.29, 0.717) is 24.3 Å². The van der Waals surface area contributed by atoms with E-state index in [9.17, 15) is 5.11 Å². The Morgan fingerprint density at radius 2 is 1.44 bits per heavy atom. The molecule has 0 amide bonds. The predicted octanol–water partition coefficient (Wildman–Crippen LogP) is 2.71. The SMILES string of the molecule is CCC(O)(CC)c1cc(OC)cc(OC)c1. The molecule has 0 saturated carbocycles. The van der Waals surface area contributed by atoms with Gasteiger partial charge in [-0.25, -0.2) is 0 Å².